The molecule has 2 aromatic rings. The molecule has 1 aliphatic carbocycles. The van der Waals surface area contributed by atoms with Crippen LogP contribution in [-0.4, -0.2) is 37.8 Å². The maximum atomic E-state index is 11.4. The molecule has 1 saturated carbocycles. The van der Waals surface area contributed by atoms with Crippen LogP contribution in [0.2, 0.25) is 0 Å². The summed E-state index contributed by atoms with van der Waals surface area (Å²) < 4.78 is 6.18. The number of hydrogen-bond acceptors (Lipinski definition) is 7. The third-order valence-corrected chi connectivity index (χ3v) is 3.25. The normalized spacial score (nSPS) is 15.0. The zero-order valence-corrected chi connectivity index (χ0v) is 13.1. The highest BCUT2D eigenvalue weighted by molar-refractivity contribution is 5.86. The highest BCUT2D eigenvalue weighted by atomic mass is 35.5. The minimum absolute atomic E-state index is 0. The molecule has 0 bridgehead atoms. The molecular formula is C13H17ClN6O2. The Hall–Kier alpha value is -2.06. The van der Waals surface area contributed by atoms with Gasteiger partial charge in [0.15, 0.2) is 23.2 Å². The second-order valence-corrected chi connectivity index (χ2v) is 5.05. The Kier molecular flexibility index (Phi) is 4.72. The van der Waals surface area contributed by atoms with Crippen molar-refractivity contribution in [2.75, 3.05) is 7.11 Å². The molecular weight excluding hydrogens is 308 g/mol. The molecule has 1 aliphatic rings. The fraction of sp³-hybridized carbons (Fsp3) is 0.462. The van der Waals surface area contributed by atoms with E-state index >= 15 is 0 Å². The lowest BCUT2D eigenvalue weighted by Crippen LogP contribution is -2.15. The van der Waals surface area contributed by atoms with Crippen molar-refractivity contribution in [3.63, 3.8) is 0 Å². The number of ether oxygens (including phenoxy) is 1. The van der Waals surface area contributed by atoms with Gasteiger partial charge in [0.2, 0.25) is 0 Å². The van der Waals surface area contributed by atoms with Gasteiger partial charge in [0.1, 0.15) is 0 Å². The predicted molar refractivity (Wildman–Crippen MR) is 80.1 cm³/mol. The molecule has 0 amide bonds. The van der Waals surface area contributed by atoms with E-state index in [1.165, 1.54) is 19.5 Å². The fourth-order valence-electron chi connectivity index (χ4n) is 1.96. The second-order valence-electron chi connectivity index (χ2n) is 5.05. The highest BCUT2D eigenvalue weighted by Gasteiger charge is 2.30. The number of carbonyl (C=O) groups is 1. The Morgan fingerprint density at radius 2 is 2.14 bits per heavy atom. The van der Waals surface area contributed by atoms with Gasteiger partial charge in [-0.1, -0.05) is 0 Å². The van der Waals surface area contributed by atoms with Crippen molar-refractivity contribution >= 4 is 18.4 Å². The van der Waals surface area contributed by atoms with Crippen molar-refractivity contribution in [1.82, 2.24) is 24.7 Å². The van der Waals surface area contributed by atoms with Gasteiger partial charge >= 0.3 is 5.97 Å². The van der Waals surface area contributed by atoms with Crippen molar-refractivity contribution in [2.24, 2.45) is 5.73 Å². The molecule has 0 radical (unpaired) electrons. The summed E-state index contributed by atoms with van der Waals surface area (Å²) in [5.74, 6) is 1.80. The average molecular weight is 325 g/mol. The number of carbonyl (C=O) groups excluding carboxylic acids is 1. The van der Waals surface area contributed by atoms with Gasteiger partial charge in [-0.3, -0.25) is 0 Å². The predicted octanol–water partition coefficient (Wildman–Crippen LogP) is 1.16. The Bertz CT molecular complexity index is 666. The molecule has 2 heterocycles. The summed E-state index contributed by atoms with van der Waals surface area (Å²) in [4.78, 5) is 24.1. The molecule has 22 heavy (non-hydrogen) atoms. The molecule has 3 rings (SSSR count). The Balaban J connectivity index is 0.00000176. The van der Waals surface area contributed by atoms with Crippen LogP contribution in [0.15, 0.2) is 12.4 Å². The van der Waals surface area contributed by atoms with Crippen LogP contribution in [0.3, 0.4) is 0 Å². The summed E-state index contributed by atoms with van der Waals surface area (Å²) in [5, 5.41) is 4.47. The Morgan fingerprint density at radius 1 is 1.41 bits per heavy atom. The lowest BCUT2D eigenvalue weighted by atomic mass is 10.3. The molecule has 2 aromatic heterocycles. The lowest BCUT2D eigenvalue weighted by molar-refractivity contribution is 0.0593. The van der Waals surface area contributed by atoms with E-state index in [9.17, 15) is 4.79 Å². The van der Waals surface area contributed by atoms with E-state index in [1.807, 2.05) is 6.92 Å². The third-order valence-electron chi connectivity index (χ3n) is 3.25. The fourth-order valence-corrected chi connectivity index (χ4v) is 1.96. The van der Waals surface area contributed by atoms with Crippen molar-refractivity contribution in [2.45, 2.75) is 31.7 Å². The molecule has 0 aliphatic heterocycles. The van der Waals surface area contributed by atoms with Crippen LogP contribution in [0.25, 0.3) is 5.82 Å². The van der Waals surface area contributed by atoms with Crippen LogP contribution in [0.1, 0.15) is 53.9 Å². The maximum Gasteiger partial charge on any atom is 0.358 e. The lowest BCUT2D eigenvalue weighted by Gasteiger charge is -2.07. The van der Waals surface area contributed by atoms with Crippen LogP contribution in [0, 0.1) is 0 Å². The third kappa shape index (κ3) is 3.07. The summed E-state index contributed by atoms with van der Waals surface area (Å²) >= 11 is 0. The minimum Gasteiger partial charge on any atom is -0.464 e. The molecule has 0 saturated heterocycles. The summed E-state index contributed by atoms with van der Waals surface area (Å²) in [7, 11) is 1.30. The summed E-state index contributed by atoms with van der Waals surface area (Å²) in [6, 6.07) is -0.271. The smallest absolute Gasteiger partial charge is 0.358 e. The first-order chi connectivity index (χ1) is 10.1. The van der Waals surface area contributed by atoms with Gasteiger partial charge in [-0.05, 0) is 19.8 Å². The first-order valence-corrected chi connectivity index (χ1v) is 6.73. The van der Waals surface area contributed by atoms with Gasteiger partial charge in [-0.15, -0.1) is 17.5 Å². The Labute approximate surface area is 133 Å². The summed E-state index contributed by atoms with van der Waals surface area (Å²) in [6.45, 7) is 1.84. The molecule has 0 spiro atoms. The Morgan fingerprint density at radius 3 is 2.64 bits per heavy atom. The zero-order chi connectivity index (χ0) is 15.0. The first-order valence-electron chi connectivity index (χ1n) is 6.73. The van der Waals surface area contributed by atoms with Gasteiger partial charge in [-0.2, -0.15) is 4.68 Å². The van der Waals surface area contributed by atoms with E-state index in [1.54, 1.807) is 4.68 Å². The molecule has 2 N–H and O–H groups in total. The van der Waals surface area contributed by atoms with Crippen LogP contribution in [0.4, 0.5) is 0 Å². The van der Waals surface area contributed by atoms with Crippen LogP contribution in [-0.2, 0) is 4.74 Å². The number of esters is 1. The van der Waals surface area contributed by atoms with E-state index in [0.717, 1.165) is 18.7 Å². The zero-order valence-electron chi connectivity index (χ0n) is 12.3. The van der Waals surface area contributed by atoms with Gasteiger partial charge in [0.05, 0.1) is 25.5 Å². The summed E-state index contributed by atoms with van der Waals surface area (Å²) in [6.07, 6.45) is 5.03. The monoisotopic (exact) mass is 324 g/mol. The van der Waals surface area contributed by atoms with Crippen molar-refractivity contribution in [1.29, 1.82) is 0 Å². The van der Waals surface area contributed by atoms with Gasteiger partial charge in [0, 0.05) is 5.92 Å². The average Bonchev–Trinajstić information content (AvgIpc) is 3.25. The second kappa shape index (κ2) is 6.37. The van der Waals surface area contributed by atoms with Crippen molar-refractivity contribution in [3.8, 4) is 5.82 Å². The molecule has 0 aromatic carbocycles. The van der Waals surface area contributed by atoms with E-state index in [0.29, 0.717) is 17.6 Å². The van der Waals surface area contributed by atoms with E-state index in [-0.39, 0.29) is 24.1 Å². The molecule has 0 unspecified atom stereocenters. The number of rotatable bonds is 4. The van der Waals surface area contributed by atoms with Gasteiger partial charge < -0.3 is 10.5 Å². The van der Waals surface area contributed by atoms with Crippen molar-refractivity contribution in [3.05, 3.63) is 29.7 Å². The number of halogens is 1. The molecule has 8 nitrogen and oxygen atoms in total. The number of nitrogens with two attached hydrogens (primary N) is 1. The van der Waals surface area contributed by atoms with Crippen molar-refractivity contribution < 1.29 is 9.53 Å². The van der Waals surface area contributed by atoms with Crippen LogP contribution < -0.4 is 5.73 Å². The molecule has 1 atom stereocenters. The maximum absolute atomic E-state index is 11.4. The van der Waals surface area contributed by atoms with Crippen LogP contribution >= 0.6 is 12.4 Å². The summed E-state index contributed by atoms with van der Waals surface area (Å²) in [5.41, 5.74) is 6.08. The first kappa shape index (κ1) is 16.3. The highest BCUT2D eigenvalue weighted by Crippen LogP contribution is 2.38. The van der Waals surface area contributed by atoms with E-state index in [4.69, 9.17) is 5.73 Å². The van der Waals surface area contributed by atoms with Gasteiger partial charge in [-0.25, -0.2) is 19.7 Å². The number of hydrogen-bond donors (Lipinski definition) is 1. The van der Waals surface area contributed by atoms with Gasteiger partial charge in [0.25, 0.3) is 0 Å². The molecule has 1 fully saturated rings. The topological polar surface area (TPSA) is 109 Å². The van der Waals surface area contributed by atoms with Crippen LogP contribution in [0.5, 0.6) is 0 Å². The standard InChI is InChI=1S/C13H16N6O2.ClH/c1-7(14)12-17-11(8-3-4-8)18-19(12)10-6-15-9(5-16-10)13(20)21-2;/h5-8H,3-4,14H2,1-2H3;1H/t7-;/m0./s1. The minimum atomic E-state index is -0.529. The van der Waals surface area contributed by atoms with E-state index in [2.05, 4.69) is 24.8 Å². The number of nitrogens with zero attached hydrogens (tertiary/aromatic N) is 5. The quantitative estimate of drug-likeness (QED) is 0.840. The molecule has 118 valence electrons. The number of methoxy groups -OCH3 is 1. The largest absolute Gasteiger partial charge is 0.464 e. The molecule has 9 heteroatoms. The van der Waals surface area contributed by atoms with E-state index < -0.39 is 5.97 Å². The number of aromatic nitrogens is 5. The SMILES string of the molecule is COC(=O)c1cnc(-n2nc(C3CC3)nc2[C@H](C)N)cn1.Cl.